The molecule has 1 rings (SSSR count). The van der Waals surface area contributed by atoms with Crippen LogP contribution in [0.25, 0.3) is 0 Å². The smallest absolute Gasteiger partial charge is 0.274 e. The Kier molecular flexibility index (Phi) is 6.02. The van der Waals surface area contributed by atoms with Crippen molar-refractivity contribution in [3.05, 3.63) is 46.3 Å². The number of rotatable bonds is 8. The third-order valence-corrected chi connectivity index (χ3v) is 2.87. The Labute approximate surface area is 104 Å². The van der Waals surface area contributed by atoms with Gasteiger partial charge in [-0.1, -0.05) is 0 Å². The molecule has 17 heavy (non-hydrogen) atoms. The van der Waals surface area contributed by atoms with E-state index >= 15 is 0 Å². The third kappa shape index (κ3) is 5.86. The summed E-state index contributed by atoms with van der Waals surface area (Å²) in [6.07, 6.45) is 2.56. The summed E-state index contributed by atoms with van der Waals surface area (Å²) >= 11 is 1.70. The van der Waals surface area contributed by atoms with Crippen LogP contribution in [0.5, 0.6) is 0 Å². The zero-order chi connectivity index (χ0) is 12.5. The van der Waals surface area contributed by atoms with Gasteiger partial charge in [-0.2, -0.15) is 11.8 Å². The molecule has 0 saturated carbocycles. The molecule has 0 aromatic carbocycles. The highest BCUT2D eigenvalue weighted by atomic mass is 32.2. The van der Waals surface area contributed by atoms with Crippen molar-refractivity contribution in [2.24, 2.45) is 0 Å². The van der Waals surface area contributed by atoms with Gasteiger partial charge < -0.3 is 15.1 Å². The summed E-state index contributed by atoms with van der Waals surface area (Å²) in [4.78, 5) is 9.75. The molecule has 1 aromatic rings. The maximum absolute atomic E-state index is 10.2. The van der Waals surface area contributed by atoms with Crippen molar-refractivity contribution in [1.82, 2.24) is 10.6 Å². The van der Waals surface area contributed by atoms with Crippen molar-refractivity contribution < 1.29 is 9.34 Å². The van der Waals surface area contributed by atoms with Crippen molar-refractivity contribution in [2.45, 2.75) is 5.75 Å². The highest BCUT2D eigenvalue weighted by molar-refractivity contribution is 7.98. The van der Waals surface area contributed by atoms with Crippen molar-refractivity contribution in [1.29, 1.82) is 0 Å². The number of thioether (sulfide) groups is 1. The number of nitrogens with one attached hydrogen (secondary N) is 2. The zero-order valence-electron chi connectivity index (χ0n) is 9.51. The van der Waals surface area contributed by atoms with Gasteiger partial charge in [0.05, 0.1) is 16.9 Å². The van der Waals surface area contributed by atoms with Crippen LogP contribution in [0.4, 0.5) is 0 Å². The zero-order valence-corrected chi connectivity index (χ0v) is 10.3. The molecule has 0 aliphatic heterocycles. The van der Waals surface area contributed by atoms with Gasteiger partial charge in [-0.25, -0.2) is 0 Å². The van der Waals surface area contributed by atoms with E-state index < -0.39 is 4.92 Å². The average molecular weight is 257 g/mol. The fourth-order valence-corrected chi connectivity index (χ4v) is 1.89. The minimum Gasteiger partial charge on any atom is -0.468 e. The van der Waals surface area contributed by atoms with Crippen LogP contribution < -0.4 is 10.6 Å². The van der Waals surface area contributed by atoms with Crippen molar-refractivity contribution >= 4 is 11.8 Å². The predicted octanol–water partition coefficient (Wildman–Crippen LogP) is 1.40. The fourth-order valence-electron chi connectivity index (χ4n) is 1.13. The Bertz CT molecular complexity index is 365. The molecule has 2 N–H and O–H groups in total. The summed E-state index contributed by atoms with van der Waals surface area (Å²) < 4.78 is 5.18. The quantitative estimate of drug-likeness (QED) is 0.416. The summed E-state index contributed by atoms with van der Waals surface area (Å²) in [5, 5.41) is 15.9. The molecule has 0 unspecified atom stereocenters. The number of nitro groups is 1. The van der Waals surface area contributed by atoms with Gasteiger partial charge in [-0.15, -0.1) is 0 Å². The lowest BCUT2D eigenvalue weighted by atomic mass is 10.5. The lowest BCUT2D eigenvalue weighted by Crippen LogP contribution is -2.26. The van der Waals surface area contributed by atoms with E-state index in [1.807, 2.05) is 12.1 Å². The average Bonchev–Trinajstić information content (AvgIpc) is 2.79. The normalized spacial score (nSPS) is 11.2. The number of nitrogens with zero attached hydrogens (tertiary/aromatic N) is 1. The van der Waals surface area contributed by atoms with E-state index in [1.54, 1.807) is 25.1 Å². The van der Waals surface area contributed by atoms with Crippen molar-refractivity contribution in [2.75, 3.05) is 19.3 Å². The van der Waals surface area contributed by atoms with Crippen LogP contribution in [-0.4, -0.2) is 24.3 Å². The minimum atomic E-state index is -0.491. The summed E-state index contributed by atoms with van der Waals surface area (Å²) in [5.41, 5.74) is 0. The van der Waals surface area contributed by atoms with Gasteiger partial charge >= 0.3 is 0 Å². The summed E-state index contributed by atoms with van der Waals surface area (Å²) in [5.74, 6) is 3.00. The Morgan fingerprint density at radius 3 is 3.12 bits per heavy atom. The van der Waals surface area contributed by atoms with Gasteiger partial charge in [0.2, 0.25) is 0 Å². The van der Waals surface area contributed by atoms with Crippen LogP contribution in [0.1, 0.15) is 5.76 Å². The first-order valence-electron chi connectivity index (χ1n) is 5.09. The molecule has 7 heteroatoms. The fraction of sp³-hybridized carbons (Fsp3) is 0.400. The van der Waals surface area contributed by atoms with Gasteiger partial charge in [-0.05, 0) is 12.1 Å². The Hall–Kier alpha value is -1.63. The van der Waals surface area contributed by atoms with Crippen molar-refractivity contribution in [3.63, 3.8) is 0 Å². The van der Waals surface area contributed by atoms with E-state index in [-0.39, 0.29) is 0 Å². The van der Waals surface area contributed by atoms with Crippen LogP contribution in [0, 0.1) is 10.1 Å². The molecule has 0 aliphatic rings. The molecule has 1 heterocycles. The van der Waals surface area contributed by atoms with E-state index in [0.717, 1.165) is 23.5 Å². The molecular weight excluding hydrogens is 242 g/mol. The largest absolute Gasteiger partial charge is 0.468 e. The summed E-state index contributed by atoms with van der Waals surface area (Å²) in [7, 11) is 1.64. The molecule has 0 saturated heterocycles. The van der Waals surface area contributed by atoms with E-state index in [0.29, 0.717) is 12.4 Å². The van der Waals surface area contributed by atoms with E-state index in [4.69, 9.17) is 4.42 Å². The molecule has 0 bridgehead atoms. The number of hydrogen-bond acceptors (Lipinski definition) is 6. The first kappa shape index (κ1) is 13.4. The number of furan rings is 1. The molecule has 0 spiro atoms. The van der Waals surface area contributed by atoms with Gasteiger partial charge in [0.25, 0.3) is 6.20 Å². The topological polar surface area (TPSA) is 80.3 Å². The molecule has 6 nitrogen and oxygen atoms in total. The van der Waals surface area contributed by atoms with Gasteiger partial charge in [0, 0.05) is 19.3 Å². The van der Waals surface area contributed by atoms with Crippen LogP contribution >= 0.6 is 11.8 Å². The monoisotopic (exact) mass is 257 g/mol. The molecule has 1 aromatic heterocycles. The first-order valence-corrected chi connectivity index (χ1v) is 6.25. The second-order valence-electron chi connectivity index (χ2n) is 3.14. The Balaban J connectivity index is 2.13. The van der Waals surface area contributed by atoms with Crippen LogP contribution in [-0.2, 0) is 5.75 Å². The lowest BCUT2D eigenvalue weighted by molar-refractivity contribution is -0.404. The molecular formula is C10H15N3O3S. The summed E-state index contributed by atoms with van der Waals surface area (Å²) in [6.45, 7) is 0.659. The minimum absolute atomic E-state index is 0.411. The maximum atomic E-state index is 10.2. The highest BCUT2D eigenvalue weighted by Crippen LogP contribution is 2.11. The molecule has 0 fully saturated rings. The van der Waals surface area contributed by atoms with Crippen LogP contribution in [0.15, 0.2) is 34.8 Å². The third-order valence-electron chi connectivity index (χ3n) is 1.89. The molecule has 0 aliphatic carbocycles. The Morgan fingerprint density at radius 1 is 1.71 bits per heavy atom. The van der Waals surface area contributed by atoms with Crippen LogP contribution in [0.3, 0.4) is 0 Å². The van der Waals surface area contributed by atoms with Gasteiger partial charge in [0.15, 0.2) is 5.82 Å². The number of hydrogen-bond donors (Lipinski definition) is 2. The SMILES string of the molecule is CNC(=C[N+](=O)[O-])NCCSCc1ccco1. The van der Waals surface area contributed by atoms with E-state index in [9.17, 15) is 10.1 Å². The highest BCUT2D eigenvalue weighted by Gasteiger charge is 2.00. The van der Waals surface area contributed by atoms with Crippen LogP contribution in [0.2, 0.25) is 0 Å². The molecule has 0 amide bonds. The first-order chi connectivity index (χ1) is 8.22. The lowest BCUT2D eigenvalue weighted by Gasteiger charge is -2.06. The van der Waals surface area contributed by atoms with E-state index in [1.165, 1.54) is 0 Å². The predicted molar refractivity (Wildman–Crippen MR) is 67.0 cm³/mol. The standard InChI is InChI=1S/C10H15N3O3S/c1-11-10(7-13(14)15)12-4-6-17-8-9-3-2-5-16-9/h2-3,5,7,11-12H,4,6,8H2,1H3. The second kappa shape index (κ2) is 7.61. The second-order valence-corrected chi connectivity index (χ2v) is 4.24. The maximum Gasteiger partial charge on any atom is 0.274 e. The molecule has 0 atom stereocenters. The van der Waals surface area contributed by atoms with E-state index in [2.05, 4.69) is 10.6 Å². The molecule has 94 valence electrons. The Morgan fingerprint density at radius 2 is 2.53 bits per heavy atom. The summed E-state index contributed by atoms with van der Waals surface area (Å²) in [6, 6.07) is 3.78. The molecule has 0 radical (unpaired) electrons. The van der Waals surface area contributed by atoms with Crippen molar-refractivity contribution in [3.8, 4) is 0 Å². The van der Waals surface area contributed by atoms with Gasteiger partial charge in [0.1, 0.15) is 5.76 Å². The van der Waals surface area contributed by atoms with Gasteiger partial charge in [-0.3, -0.25) is 10.1 Å².